The number of nitrogens with two attached hydrogens (primary N) is 1. The molecule has 0 rings (SSSR count). The fraction of sp³-hybridized carbons (Fsp3) is 0.909. The van der Waals surface area contributed by atoms with Gasteiger partial charge < -0.3 is 21.1 Å². The highest BCUT2D eigenvalue weighted by molar-refractivity contribution is 5.71. The second kappa shape index (κ2) is 12.3. The molecule has 0 spiro atoms. The maximum Gasteiger partial charge on any atom is 0.312 e. The van der Waals surface area contributed by atoms with Gasteiger partial charge in [-0.25, -0.2) is 4.79 Å². The SMILES string of the molecule is CCCCNCCCOCCCNC(N)=O. The average Bonchev–Trinajstić information content (AvgIpc) is 2.25. The molecule has 16 heavy (non-hydrogen) atoms. The van der Waals surface area contributed by atoms with Crippen LogP contribution in [0.15, 0.2) is 0 Å². The Morgan fingerprint density at radius 3 is 2.38 bits per heavy atom. The quantitative estimate of drug-likeness (QED) is 0.461. The minimum absolute atomic E-state index is 0.472. The van der Waals surface area contributed by atoms with E-state index >= 15 is 0 Å². The Bertz CT molecular complexity index is 165. The van der Waals surface area contributed by atoms with Gasteiger partial charge in [-0.05, 0) is 32.4 Å². The second-order valence-electron chi connectivity index (χ2n) is 3.71. The maximum absolute atomic E-state index is 10.3. The zero-order chi connectivity index (χ0) is 12.1. The van der Waals surface area contributed by atoms with E-state index in [-0.39, 0.29) is 0 Å². The molecule has 0 aromatic heterocycles. The van der Waals surface area contributed by atoms with Gasteiger partial charge >= 0.3 is 6.03 Å². The Balaban J connectivity index is 2.90. The zero-order valence-electron chi connectivity index (χ0n) is 10.3. The van der Waals surface area contributed by atoms with Crippen LogP contribution in [0.2, 0.25) is 0 Å². The number of ether oxygens (including phenoxy) is 1. The largest absolute Gasteiger partial charge is 0.381 e. The molecule has 0 aliphatic carbocycles. The average molecular weight is 231 g/mol. The second-order valence-corrected chi connectivity index (χ2v) is 3.71. The summed E-state index contributed by atoms with van der Waals surface area (Å²) in [6.07, 6.45) is 4.31. The van der Waals surface area contributed by atoms with Crippen LogP contribution in [0.1, 0.15) is 32.6 Å². The highest BCUT2D eigenvalue weighted by Crippen LogP contribution is 1.86. The van der Waals surface area contributed by atoms with Gasteiger partial charge in [0.1, 0.15) is 0 Å². The summed E-state index contributed by atoms with van der Waals surface area (Å²) >= 11 is 0. The van der Waals surface area contributed by atoms with Crippen LogP contribution < -0.4 is 16.4 Å². The van der Waals surface area contributed by atoms with Crippen molar-refractivity contribution < 1.29 is 9.53 Å². The molecule has 0 heterocycles. The van der Waals surface area contributed by atoms with Crippen LogP contribution in [0.25, 0.3) is 0 Å². The Morgan fingerprint density at radius 2 is 1.75 bits per heavy atom. The number of carbonyl (C=O) groups excluding carboxylic acids is 1. The first kappa shape index (κ1) is 15.2. The summed E-state index contributed by atoms with van der Waals surface area (Å²) in [7, 11) is 0. The maximum atomic E-state index is 10.3. The topological polar surface area (TPSA) is 76.4 Å². The van der Waals surface area contributed by atoms with Gasteiger partial charge in [0.15, 0.2) is 0 Å². The van der Waals surface area contributed by atoms with Gasteiger partial charge in [-0.15, -0.1) is 0 Å². The number of rotatable bonds is 11. The molecule has 0 aromatic carbocycles. The highest BCUT2D eigenvalue weighted by Gasteiger charge is 1.92. The number of unbranched alkanes of at least 4 members (excludes halogenated alkanes) is 1. The molecule has 5 heteroatoms. The van der Waals surface area contributed by atoms with Gasteiger partial charge in [0.05, 0.1) is 0 Å². The Morgan fingerprint density at radius 1 is 1.12 bits per heavy atom. The number of hydrogen-bond acceptors (Lipinski definition) is 3. The van der Waals surface area contributed by atoms with Crippen LogP contribution in [-0.4, -0.2) is 38.9 Å². The Kier molecular flexibility index (Phi) is 11.6. The Labute approximate surface area is 98.1 Å². The van der Waals surface area contributed by atoms with Crippen molar-refractivity contribution >= 4 is 6.03 Å². The van der Waals surface area contributed by atoms with Crippen LogP contribution in [-0.2, 0) is 4.74 Å². The van der Waals surface area contributed by atoms with Gasteiger partial charge in [0.25, 0.3) is 0 Å². The first-order chi connectivity index (χ1) is 7.77. The highest BCUT2D eigenvalue weighted by atomic mass is 16.5. The first-order valence-corrected chi connectivity index (χ1v) is 6.09. The van der Waals surface area contributed by atoms with E-state index in [2.05, 4.69) is 17.6 Å². The number of nitrogens with one attached hydrogen (secondary N) is 2. The third-order valence-electron chi connectivity index (χ3n) is 2.11. The number of primary amides is 1. The lowest BCUT2D eigenvalue weighted by atomic mass is 10.3. The van der Waals surface area contributed by atoms with Gasteiger partial charge in [-0.3, -0.25) is 0 Å². The number of amides is 2. The van der Waals surface area contributed by atoms with Crippen LogP contribution in [0.5, 0.6) is 0 Å². The predicted molar refractivity (Wildman–Crippen MR) is 65.4 cm³/mol. The van der Waals surface area contributed by atoms with Crippen molar-refractivity contribution in [2.24, 2.45) is 5.73 Å². The van der Waals surface area contributed by atoms with E-state index in [9.17, 15) is 4.79 Å². The van der Waals surface area contributed by atoms with Crippen molar-refractivity contribution in [2.45, 2.75) is 32.6 Å². The molecule has 0 aliphatic heterocycles. The molecule has 0 fully saturated rings. The van der Waals surface area contributed by atoms with Gasteiger partial charge in [-0.2, -0.15) is 0 Å². The van der Waals surface area contributed by atoms with Crippen molar-refractivity contribution in [3.05, 3.63) is 0 Å². The van der Waals surface area contributed by atoms with E-state index in [1.54, 1.807) is 0 Å². The smallest absolute Gasteiger partial charge is 0.312 e. The number of hydrogen-bond donors (Lipinski definition) is 3. The molecule has 0 aliphatic rings. The summed E-state index contributed by atoms with van der Waals surface area (Å²) in [5.74, 6) is 0. The summed E-state index contributed by atoms with van der Waals surface area (Å²) < 4.78 is 5.39. The van der Waals surface area contributed by atoms with E-state index < -0.39 is 6.03 Å². The fourth-order valence-electron chi connectivity index (χ4n) is 1.21. The van der Waals surface area contributed by atoms with E-state index in [4.69, 9.17) is 10.5 Å². The zero-order valence-corrected chi connectivity index (χ0v) is 10.3. The molecule has 96 valence electrons. The van der Waals surface area contributed by atoms with Crippen molar-refractivity contribution in [3.8, 4) is 0 Å². The van der Waals surface area contributed by atoms with Crippen LogP contribution in [0.4, 0.5) is 4.79 Å². The molecule has 0 aromatic rings. The van der Waals surface area contributed by atoms with E-state index in [1.807, 2.05) is 0 Å². The summed E-state index contributed by atoms with van der Waals surface area (Å²) in [6.45, 7) is 6.33. The third kappa shape index (κ3) is 13.2. The van der Waals surface area contributed by atoms with Crippen LogP contribution in [0.3, 0.4) is 0 Å². The van der Waals surface area contributed by atoms with Gasteiger partial charge in [0, 0.05) is 19.8 Å². The molecule has 0 saturated carbocycles. The number of urea groups is 1. The van der Waals surface area contributed by atoms with Crippen LogP contribution in [0, 0.1) is 0 Å². The predicted octanol–water partition coefficient (Wildman–Crippen LogP) is 0.841. The lowest BCUT2D eigenvalue weighted by molar-refractivity contribution is 0.129. The van der Waals surface area contributed by atoms with E-state index in [0.717, 1.165) is 32.5 Å². The van der Waals surface area contributed by atoms with Crippen molar-refractivity contribution in [2.75, 3.05) is 32.8 Å². The van der Waals surface area contributed by atoms with Crippen molar-refractivity contribution in [1.29, 1.82) is 0 Å². The summed E-state index contributed by atoms with van der Waals surface area (Å²) in [5.41, 5.74) is 4.91. The minimum atomic E-state index is -0.472. The normalized spacial score (nSPS) is 10.3. The Hall–Kier alpha value is -0.810. The molecule has 0 unspecified atom stereocenters. The molecule has 0 atom stereocenters. The summed E-state index contributed by atoms with van der Waals surface area (Å²) in [6, 6.07) is -0.472. The van der Waals surface area contributed by atoms with Gasteiger partial charge in [-0.1, -0.05) is 13.3 Å². The lowest BCUT2D eigenvalue weighted by Crippen LogP contribution is -2.30. The molecule has 5 nitrogen and oxygen atoms in total. The van der Waals surface area contributed by atoms with Crippen LogP contribution >= 0.6 is 0 Å². The molecular formula is C11H25N3O2. The van der Waals surface area contributed by atoms with Crippen molar-refractivity contribution in [3.63, 3.8) is 0 Å². The lowest BCUT2D eigenvalue weighted by Gasteiger charge is -2.05. The first-order valence-electron chi connectivity index (χ1n) is 6.09. The van der Waals surface area contributed by atoms with E-state index in [1.165, 1.54) is 12.8 Å². The molecule has 4 N–H and O–H groups in total. The minimum Gasteiger partial charge on any atom is -0.381 e. The molecule has 0 saturated heterocycles. The molecule has 2 amide bonds. The molecular weight excluding hydrogens is 206 g/mol. The molecule has 0 radical (unpaired) electrons. The molecule has 0 bridgehead atoms. The third-order valence-corrected chi connectivity index (χ3v) is 2.11. The monoisotopic (exact) mass is 231 g/mol. The van der Waals surface area contributed by atoms with E-state index in [0.29, 0.717) is 13.2 Å². The standard InChI is InChI=1S/C11H25N3O2/c1-2-3-6-13-7-4-9-16-10-5-8-14-11(12)15/h13H,2-10H2,1H3,(H3,12,14,15). The summed E-state index contributed by atoms with van der Waals surface area (Å²) in [4.78, 5) is 10.3. The summed E-state index contributed by atoms with van der Waals surface area (Å²) in [5, 5.41) is 5.87. The fourth-order valence-corrected chi connectivity index (χ4v) is 1.21. The van der Waals surface area contributed by atoms with Crippen molar-refractivity contribution in [1.82, 2.24) is 10.6 Å². The van der Waals surface area contributed by atoms with Gasteiger partial charge in [0.2, 0.25) is 0 Å². The number of carbonyl (C=O) groups is 1.